The fraction of sp³-hybridized carbons (Fsp3) is 0.630. The third-order valence-electron chi connectivity index (χ3n) is 7.62. The van der Waals surface area contributed by atoms with Crippen molar-refractivity contribution >= 4 is 11.7 Å². The molecule has 0 N–H and O–H groups in total. The molecule has 9 nitrogen and oxygen atoms in total. The average molecular weight is 495 g/mol. The van der Waals surface area contributed by atoms with Crippen molar-refractivity contribution in [3.63, 3.8) is 0 Å². The number of carbonyl (C=O) groups is 1. The molecule has 9 heteroatoms. The molecule has 2 aromatic heterocycles. The maximum absolute atomic E-state index is 12.7. The highest BCUT2D eigenvalue weighted by atomic mass is 16.5. The van der Waals surface area contributed by atoms with Crippen LogP contribution in [0.3, 0.4) is 0 Å². The highest BCUT2D eigenvalue weighted by Crippen LogP contribution is 2.24. The number of piperidine rings is 1. The number of ether oxygens (including phenoxy) is 2. The van der Waals surface area contributed by atoms with Gasteiger partial charge in [-0.05, 0) is 43.9 Å². The zero-order chi connectivity index (χ0) is 24.6. The molecule has 36 heavy (non-hydrogen) atoms. The molecule has 1 amide bonds. The van der Waals surface area contributed by atoms with E-state index >= 15 is 0 Å². The number of amides is 1. The lowest BCUT2D eigenvalue weighted by Gasteiger charge is -2.41. The van der Waals surface area contributed by atoms with Crippen molar-refractivity contribution in [1.82, 2.24) is 25.0 Å². The predicted octanol–water partition coefficient (Wildman–Crippen LogP) is 2.91. The van der Waals surface area contributed by atoms with E-state index in [9.17, 15) is 4.79 Å². The Balaban J connectivity index is 1.04. The minimum absolute atomic E-state index is 0.0161. The molecule has 2 aliphatic heterocycles. The highest BCUT2D eigenvalue weighted by molar-refractivity contribution is 5.77. The van der Waals surface area contributed by atoms with Gasteiger partial charge >= 0.3 is 0 Å². The number of hydrogen-bond donors (Lipinski definition) is 0. The van der Waals surface area contributed by atoms with Crippen LogP contribution < -0.4 is 9.64 Å². The molecule has 2 aromatic rings. The number of nitrogens with zero attached hydrogens (tertiary/aromatic N) is 6. The van der Waals surface area contributed by atoms with Crippen molar-refractivity contribution < 1.29 is 14.3 Å². The van der Waals surface area contributed by atoms with Gasteiger partial charge in [-0.15, -0.1) is 10.2 Å². The van der Waals surface area contributed by atoms with Gasteiger partial charge in [0.25, 0.3) is 5.91 Å². The number of likely N-dealkylation sites (tertiary alicyclic amines) is 1. The van der Waals surface area contributed by atoms with Gasteiger partial charge in [-0.3, -0.25) is 14.7 Å². The smallest absolute Gasteiger partial charge is 0.260 e. The van der Waals surface area contributed by atoms with Gasteiger partial charge in [0.15, 0.2) is 12.4 Å². The summed E-state index contributed by atoms with van der Waals surface area (Å²) in [6.45, 7) is 5.84. The zero-order valence-electron chi connectivity index (χ0n) is 21.1. The molecule has 1 atom stereocenters. The summed E-state index contributed by atoms with van der Waals surface area (Å²) in [6, 6.07) is 10.3. The number of piperazine rings is 1. The van der Waals surface area contributed by atoms with Crippen LogP contribution >= 0.6 is 0 Å². The SMILES string of the molecule is O=C(COc1ccc(N2CCN(C3CCCCC3)CC2)nn1)N1CCCC(OCc2ccccn2)C1. The van der Waals surface area contributed by atoms with Crippen LogP contribution in [0.4, 0.5) is 5.82 Å². The summed E-state index contributed by atoms with van der Waals surface area (Å²) in [4.78, 5) is 23.8. The number of aromatic nitrogens is 3. The van der Waals surface area contributed by atoms with Crippen molar-refractivity contribution in [2.24, 2.45) is 0 Å². The topological polar surface area (TPSA) is 83.9 Å². The Morgan fingerprint density at radius 1 is 0.917 bits per heavy atom. The normalized spacial score (nSPS) is 21.9. The largest absolute Gasteiger partial charge is 0.466 e. The molecule has 0 aromatic carbocycles. The van der Waals surface area contributed by atoms with Gasteiger partial charge < -0.3 is 19.3 Å². The quantitative estimate of drug-likeness (QED) is 0.554. The lowest BCUT2D eigenvalue weighted by molar-refractivity contribution is -0.137. The van der Waals surface area contributed by atoms with Crippen molar-refractivity contribution in [2.75, 3.05) is 50.8 Å². The Bertz CT molecular complexity index is 946. The third kappa shape index (κ3) is 6.70. The first-order chi connectivity index (χ1) is 17.7. The molecule has 0 spiro atoms. The molecular formula is C27H38N6O3. The van der Waals surface area contributed by atoms with Crippen LogP contribution in [-0.4, -0.2) is 88.9 Å². The van der Waals surface area contributed by atoms with E-state index in [0.29, 0.717) is 19.0 Å². The van der Waals surface area contributed by atoms with E-state index in [2.05, 4.69) is 25.0 Å². The number of anilines is 1. The Kier molecular flexibility index (Phi) is 8.61. The van der Waals surface area contributed by atoms with Crippen LogP contribution in [-0.2, 0) is 16.1 Å². The lowest BCUT2D eigenvalue weighted by Crippen LogP contribution is -2.51. The van der Waals surface area contributed by atoms with E-state index in [-0.39, 0.29) is 18.6 Å². The maximum atomic E-state index is 12.7. The number of carbonyl (C=O) groups excluding carboxylic acids is 1. The molecular weight excluding hydrogens is 456 g/mol. The predicted molar refractivity (Wildman–Crippen MR) is 137 cm³/mol. The Hall–Kier alpha value is -2.78. The van der Waals surface area contributed by atoms with Crippen LogP contribution in [0.2, 0.25) is 0 Å². The van der Waals surface area contributed by atoms with E-state index in [1.165, 1.54) is 32.1 Å². The summed E-state index contributed by atoms with van der Waals surface area (Å²) in [5.41, 5.74) is 0.900. The van der Waals surface area contributed by atoms with E-state index in [1.54, 1.807) is 6.20 Å². The molecule has 5 rings (SSSR count). The van der Waals surface area contributed by atoms with Crippen LogP contribution in [0.25, 0.3) is 0 Å². The van der Waals surface area contributed by atoms with Gasteiger partial charge in [-0.25, -0.2) is 0 Å². The van der Waals surface area contributed by atoms with Crippen LogP contribution in [0.5, 0.6) is 5.88 Å². The van der Waals surface area contributed by atoms with E-state index < -0.39 is 0 Å². The number of rotatable bonds is 8. The Morgan fingerprint density at radius 2 is 1.78 bits per heavy atom. The molecule has 1 unspecified atom stereocenters. The number of pyridine rings is 1. The summed E-state index contributed by atoms with van der Waals surface area (Å²) in [6.07, 6.45) is 10.5. The molecule has 3 fully saturated rings. The van der Waals surface area contributed by atoms with Crippen molar-refractivity contribution in [2.45, 2.75) is 63.7 Å². The van der Waals surface area contributed by atoms with E-state index in [0.717, 1.165) is 63.1 Å². The fourth-order valence-electron chi connectivity index (χ4n) is 5.54. The molecule has 3 aliphatic rings. The van der Waals surface area contributed by atoms with Gasteiger partial charge in [-0.1, -0.05) is 25.3 Å². The van der Waals surface area contributed by atoms with Crippen molar-refractivity contribution in [3.8, 4) is 5.88 Å². The monoisotopic (exact) mass is 494 g/mol. The standard InChI is InChI=1S/C27H38N6O3/c34-27(33-14-6-10-24(19-33)35-20-22-7-4-5-13-28-22)21-36-26-12-11-25(29-30-26)32-17-15-31(16-18-32)23-8-2-1-3-9-23/h4-5,7,11-13,23-24H,1-3,6,8-10,14-21H2. The molecule has 1 saturated carbocycles. The summed E-state index contributed by atoms with van der Waals surface area (Å²) in [5, 5.41) is 8.61. The Morgan fingerprint density at radius 3 is 2.53 bits per heavy atom. The lowest BCUT2D eigenvalue weighted by atomic mass is 9.94. The highest BCUT2D eigenvalue weighted by Gasteiger charge is 2.26. The second-order valence-electron chi connectivity index (χ2n) is 10.1. The van der Waals surface area contributed by atoms with Crippen LogP contribution in [0, 0.1) is 0 Å². The first kappa shape index (κ1) is 24.9. The van der Waals surface area contributed by atoms with Crippen molar-refractivity contribution in [1.29, 1.82) is 0 Å². The van der Waals surface area contributed by atoms with Gasteiger partial charge in [-0.2, -0.15) is 0 Å². The van der Waals surface area contributed by atoms with Crippen LogP contribution in [0.15, 0.2) is 36.5 Å². The van der Waals surface area contributed by atoms with Gasteiger partial charge in [0, 0.05) is 57.6 Å². The summed E-state index contributed by atoms with van der Waals surface area (Å²) >= 11 is 0. The molecule has 0 radical (unpaired) electrons. The summed E-state index contributed by atoms with van der Waals surface area (Å²) in [5.74, 6) is 1.21. The zero-order valence-corrected chi connectivity index (χ0v) is 21.1. The van der Waals surface area contributed by atoms with Crippen LogP contribution in [0.1, 0.15) is 50.6 Å². The van der Waals surface area contributed by atoms with Gasteiger partial charge in [0.1, 0.15) is 0 Å². The second kappa shape index (κ2) is 12.5. The number of hydrogen-bond acceptors (Lipinski definition) is 8. The summed E-state index contributed by atoms with van der Waals surface area (Å²) < 4.78 is 11.7. The minimum Gasteiger partial charge on any atom is -0.466 e. The average Bonchev–Trinajstić information content (AvgIpc) is 2.96. The summed E-state index contributed by atoms with van der Waals surface area (Å²) in [7, 11) is 0. The molecule has 194 valence electrons. The third-order valence-corrected chi connectivity index (χ3v) is 7.62. The fourth-order valence-corrected chi connectivity index (χ4v) is 5.54. The maximum Gasteiger partial charge on any atom is 0.260 e. The van der Waals surface area contributed by atoms with Crippen molar-refractivity contribution in [3.05, 3.63) is 42.2 Å². The van der Waals surface area contributed by atoms with E-state index in [4.69, 9.17) is 9.47 Å². The second-order valence-corrected chi connectivity index (χ2v) is 10.1. The molecule has 2 saturated heterocycles. The molecule has 4 heterocycles. The van der Waals surface area contributed by atoms with Gasteiger partial charge in [0.05, 0.1) is 18.4 Å². The van der Waals surface area contributed by atoms with E-state index in [1.807, 2.05) is 35.2 Å². The van der Waals surface area contributed by atoms with Gasteiger partial charge in [0.2, 0.25) is 5.88 Å². The Labute approximate surface area is 213 Å². The first-order valence-corrected chi connectivity index (χ1v) is 13.5. The first-order valence-electron chi connectivity index (χ1n) is 13.5. The molecule has 0 bridgehead atoms. The minimum atomic E-state index is -0.0501. The molecule has 1 aliphatic carbocycles.